The van der Waals surface area contributed by atoms with Gasteiger partial charge in [-0.1, -0.05) is 42.5 Å². The van der Waals surface area contributed by atoms with Crippen molar-refractivity contribution < 1.29 is 9.47 Å². The molecule has 0 aliphatic rings. The zero-order chi connectivity index (χ0) is 19.6. The predicted molar refractivity (Wildman–Crippen MR) is 113 cm³/mol. The van der Waals surface area contributed by atoms with Gasteiger partial charge >= 0.3 is 0 Å². The van der Waals surface area contributed by atoms with Crippen LogP contribution in [-0.2, 0) is 4.74 Å². The van der Waals surface area contributed by atoms with Gasteiger partial charge in [0.2, 0.25) is 0 Å². The Morgan fingerprint density at radius 1 is 0.929 bits per heavy atom. The summed E-state index contributed by atoms with van der Waals surface area (Å²) >= 11 is 0. The Morgan fingerprint density at radius 2 is 1.68 bits per heavy atom. The van der Waals surface area contributed by atoms with Gasteiger partial charge in [0.15, 0.2) is 5.82 Å². The number of benzene rings is 2. The molecule has 6 heteroatoms. The van der Waals surface area contributed by atoms with Gasteiger partial charge in [-0.05, 0) is 25.5 Å². The van der Waals surface area contributed by atoms with Crippen LogP contribution in [-0.4, -0.2) is 36.8 Å². The van der Waals surface area contributed by atoms with Crippen LogP contribution in [0.15, 0.2) is 60.7 Å². The van der Waals surface area contributed by atoms with Crippen molar-refractivity contribution in [2.45, 2.75) is 13.3 Å². The third-order valence-electron chi connectivity index (χ3n) is 4.04. The Bertz CT molecular complexity index is 871. The first kappa shape index (κ1) is 19.6. The Balaban J connectivity index is 1.89. The number of aromatic nitrogens is 2. The normalized spacial score (nSPS) is 10.5. The highest BCUT2D eigenvalue weighted by Crippen LogP contribution is 2.28. The molecule has 28 heavy (non-hydrogen) atoms. The summed E-state index contributed by atoms with van der Waals surface area (Å²) in [6.07, 6.45) is 0.900. The number of nitrogens with one attached hydrogen (secondary N) is 2. The standard InChI is InChI=1S/C22H26N4O2/c1-3-28-19-13-8-7-12-18(19)24-21-16-20(23-14-9-15-27-2)25-22(26-21)17-10-5-4-6-11-17/h4-8,10-13,16H,3,9,14-15H2,1-2H3,(H2,23,24,25,26). The molecule has 0 bridgehead atoms. The Hall–Kier alpha value is -3.12. The quantitative estimate of drug-likeness (QED) is 0.497. The summed E-state index contributed by atoms with van der Waals surface area (Å²) in [5, 5.41) is 6.72. The van der Waals surface area contributed by atoms with Gasteiger partial charge in [0.25, 0.3) is 0 Å². The van der Waals surface area contributed by atoms with Crippen molar-refractivity contribution in [2.24, 2.45) is 0 Å². The van der Waals surface area contributed by atoms with E-state index in [2.05, 4.69) is 15.6 Å². The summed E-state index contributed by atoms with van der Waals surface area (Å²) in [7, 11) is 1.70. The number of methoxy groups -OCH3 is 1. The molecule has 0 saturated heterocycles. The first-order valence-corrected chi connectivity index (χ1v) is 9.46. The predicted octanol–water partition coefficient (Wildman–Crippen LogP) is 4.73. The highest BCUT2D eigenvalue weighted by Gasteiger charge is 2.09. The van der Waals surface area contributed by atoms with Gasteiger partial charge in [0.05, 0.1) is 12.3 Å². The van der Waals surface area contributed by atoms with E-state index in [-0.39, 0.29) is 0 Å². The van der Waals surface area contributed by atoms with Crippen LogP contribution in [0.3, 0.4) is 0 Å². The van der Waals surface area contributed by atoms with Crippen molar-refractivity contribution in [1.82, 2.24) is 9.97 Å². The molecule has 0 spiro atoms. The van der Waals surface area contributed by atoms with Crippen LogP contribution in [0, 0.1) is 0 Å². The maximum atomic E-state index is 5.71. The maximum absolute atomic E-state index is 5.71. The fourth-order valence-corrected chi connectivity index (χ4v) is 2.74. The van der Waals surface area contributed by atoms with Crippen LogP contribution >= 0.6 is 0 Å². The molecule has 0 aliphatic heterocycles. The lowest BCUT2D eigenvalue weighted by Gasteiger charge is -2.14. The number of hydrogen-bond acceptors (Lipinski definition) is 6. The lowest BCUT2D eigenvalue weighted by molar-refractivity contribution is 0.198. The van der Waals surface area contributed by atoms with Crippen LogP contribution in [0.25, 0.3) is 11.4 Å². The Kier molecular flexibility index (Phi) is 7.21. The summed E-state index contributed by atoms with van der Waals surface area (Å²) in [4.78, 5) is 9.37. The van der Waals surface area contributed by atoms with E-state index in [0.717, 1.165) is 35.8 Å². The summed E-state index contributed by atoms with van der Waals surface area (Å²) < 4.78 is 10.8. The van der Waals surface area contributed by atoms with E-state index in [1.54, 1.807) is 7.11 Å². The van der Waals surface area contributed by atoms with Crippen LogP contribution < -0.4 is 15.4 Å². The second kappa shape index (κ2) is 10.3. The molecule has 146 valence electrons. The van der Waals surface area contributed by atoms with Gasteiger partial charge in [0.1, 0.15) is 17.4 Å². The lowest BCUT2D eigenvalue weighted by Crippen LogP contribution is -2.08. The molecule has 3 rings (SSSR count). The van der Waals surface area contributed by atoms with Gasteiger partial charge < -0.3 is 20.1 Å². The molecule has 0 saturated carbocycles. The van der Waals surface area contributed by atoms with Crippen molar-refractivity contribution >= 4 is 17.3 Å². The highest BCUT2D eigenvalue weighted by atomic mass is 16.5. The first-order valence-electron chi connectivity index (χ1n) is 9.46. The molecular weight excluding hydrogens is 352 g/mol. The number of nitrogens with zero attached hydrogens (tertiary/aromatic N) is 2. The Labute approximate surface area is 166 Å². The zero-order valence-corrected chi connectivity index (χ0v) is 16.3. The number of hydrogen-bond donors (Lipinski definition) is 2. The minimum absolute atomic E-state index is 0.601. The van der Waals surface area contributed by atoms with Crippen molar-refractivity contribution in [3.05, 3.63) is 60.7 Å². The van der Waals surface area contributed by atoms with E-state index in [1.807, 2.05) is 67.6 Å². The van der Waals surface area contributed by atoms with Crippen LogP contribution in [0.2, 0.25) is 0 Å². The molecule has 0 amide bonds. The fourth-order valence-electron chi connectivity index (χ4n) is 2.74. The summed E-state index contributed by atoms with van der Waals surface area (Å²) in [5.41, 5.74) is 1.83. The van der Waals surface area contributed by atoms with E-state index < -0.39 is 0 Å². The molecule has 6 nitrogen and oxygen atoms in total. The minimum atomic E-state index is 0.601. The molecule has 0 fully saturated rings. The lowest BCUT2D eigenvalue weighted by atomic mass is 10.2. The van der Waals surface area contributed by atoms with Gasteiger partial charge in [0, 0.05) is 31.9 Å². The minimum Gasteiger partial charge on any atom is -0.492 e. The molecule has 1 heterocycles. The monoisotopic (exact) mass is 378 g/mol. The highest BCUT2D eigenvalue weighted by molar-refractivity contribution is 5.68. The summed E-state index contributed by atoms with van der Waals surface area (Å²) in [6, 6.07) is 19.7. The van der Waals surface area contributed by atoms with Crippen LogP contribution in [0.4, 0.5) is 17.3 Å². The van der Waals surface area contributed by atoms with Crippen molar-refractivity contribution in [1.29, 1.82) is 0 Å². The molecular formula is C22H26N4O2. The molecule has 2 N–H and O–H groups in total. The SMILES string of the molecule is CCOc1ccccc1Nc1cc(NCCCOC)nc(-c2ccccc2)n1. The second-order valence-corrected chi connectivity index (χ2v) is 6.16. The molecule has 0 aliphatic carbocycles. The third kappa shape index (κ3) is 5.44. The molecule has 0 atom stereocenters. The van der Waals surface area contributed by atoms with E-state index in [4.69, 9.17) is 14.5 Å². The third-order valence-corrected chi connectivity index (χ3v) is 4.04. The largest absolute Gasteiger partial charge is 0.492 e. The molecule has 3 aromatic rings. The fraction of sp³-hybridized carbons (Fsp3) is 0.273. The van der Waals surface area contributed by atoms with E-state index in [1.165, 1.54) is 0 Å². The molecule has 2 aromatic carbocycles. The Morgan fingerprint density at radius 3 is 2.46 bits per heavy atom. The van der Waals surface area contributed by atoms with Crippen molar-refractivity contribution in [3.63, 3.8) is 0 Å². The maximum Gasteiger partial charge on any atom is 0.163 e. The van der Waals surface area contributed by atoms with Gasteiger partial charge in [-0.2, -0.15) is 0 Å². The van der Waals surface area contributed by atoms with E-state index in [9.17, 15) is 0 Å². The van der Waals surface area contributed by atoms with Crippen molar-refractivity contribution in [3.8, 4) is 17.1 Å². The number of ether oxygens (including phenoxy) is 2. The average Bonchev–Trinajstić information content (AvgIpc) is 2.73. The molecule has 0 radical (unpaired) electrons. The van der Waals surface area contributed by atoms with Crippen molar-refractivity contribution in [2.75, 3.05) is 37.5 Å². The van der Waals surface area contributed by atoms with Crippen LogP contribution in [0.5, 0.6) is 5.75 Å². The summed E-state index contributed by atoms with van der Waals surface area (Å²) in [5.74, 6) is 2.92. The molecule has 0 unspecified atom stereocenters. The zero-order valence-electron chi connectivity index (χ0n) is 16.3. The van der Waals surface area contributed by atoms with Gasteiger partial charge in [-0.25, -0.2) is 9.97 Å². The average molecular weight is 378 g/mol. The first-order chi connectivity index (χ1) is 13.8. The van der Waals surface area contributed by atoms with E-state index in [0.29, 0.717) is 24.9 Å². The number of anilines is 3. The smallest absolute Gasteiger partial charge is 0.163 e. The molecule has 1 aromatic heterocycles. The number of para-hydroxylation sites is 2. The topological polar surface area (TPSA) is 68.3 Å². The van der Waals surface area contributed by atoms with Gasteiger partial charge in [-0.3, -0.25) is 0 Å². The summed E-state index contributed by atoms with van der Waals surface area (Å²) in [6.45, 7) is 4.05. The second-order valence-electron chi connectivity index (χ2n) is 6.16. The van der Waals surface area contributed by atoms with E-state index >= 15 is 0 Å². The van der Waals surface area contributed by atoms with Gasteiger partial charge in [-0.15, -0.1) is 0 Å². The van der Waals surface area contributed by atoms with Crippen LogP contribution in [0.1, 0.15) is 13.3 Å². The number of rotatable bonds is 10.